The monoisotopic (exact) mass is 465 g/mol. The fourth-order valence-corrected chi connectivity index (χ4v) is 4.82. The molecule has 0 bridgehead atoms. The predicted octanol–water partition coefficient (Wildman–Crippen LogP) is 3.00. The fourth-order valence-electron chi connectivity index (χ4n) is 3.77. The fraction of sp³-hybridized carbons (Fsp3) is 0.240. The number of carbonyl (C=O) groups is 1. The van der Waals surface area contributed by atoms with Crippen LogP contribution >= 0.6 is 11.3 Å². The Balaban J connectivity index is 1.90. The van der Waals surface area contributed by atoms with E-state index in [1.807, 2.05) is 49.3 Å². The second kappa shape index (κ2) is 9.15. The normalized spacial score (nSPS) is 15.8. The summed E-state index contributed by atoms with van der Waals surface area (Å²) in [5, 5.41) is 0. The Bertz CT molecular complexity index is 1400. The van der Waals surface area contributed by atoms with Crippen LogP contribution in [0, 0.1) is 5.82 Å². The average molecular weight is 466 g/mol. The van der Waals surface area contributed by atoms with Gasteiger partial charge in [0.15, 0.2) is 4.80 Å². The number of thiazole rings is 1. The van der Waals surface area contributed by atoms with Gasteiger partial charge in [-0.15, -0.1) is 0 Å². The van der Waals surface area contributed by atoms with E-state index >= 15 is 0 Å². The molecule has 1 unspecified atom stereocenters. The topological polar surface area (TPSA) is 63.9 Å². The molecule has 1 aliphatic heterocycles. The van der Waals surface area contributed by atoms with Gasteiger partial charge in [-0.05, 0) is 55.3 Å². The van der Waals surface area contributed by atoms with E-state index in [0.29, 0.717) is 20.6 Å². The zero-order valence-electron chi connectivity index (χ0n) is 18.8. The van der Waals surface area contributed by atoms with Crippen molar-refractivity contribution in [2.75, 3.05) is 25.6 Å². The van der Waals surface area contributed by atoms with Crippen LogP contribution in [0.5, 0.6) is 0 Å². The number of ether oxygens (including phenoxy) is 1. The lowest BCUT2D eigenvalue weighted by atomic mass is 9.96. The van der Waals surface area contributed by atoms with Crippen molar-refractivity contribution in [2.45, 2.75) is 19.9 Å². The van der Waals surface area contributed by atoms with Gasteiger partial charge in [-0.25, -0.2) is 14.2 Å². The summed E-state index contributed by atoms with van der Waals surface area (Å²) in [7, 11) is 3.93. The van der Waals surface area contributed by atoms with E-state index in [1.165, 1.54) is 28.0 Å². The SMILES string of the molecule is CCOC(=O)C1=C(C)N=c2sc(=Cc3ccc(N(C)C)cc3)c(=O)n2C1c1ccc(F)cc1. The van der Waals surface area contributed by atoms with E-state index in [0.717, 1.165) is 11.3 Å². The van der Waals surface area contributed by atoms with Crippen molar-refractivity contribution in [3.63, 3.8) is 0 Å². The van der Waals surface area contributed by atoms with Crippen molar-refractivity contribution >= 4 is 29.1 Å². The Kier molecular flexibility index (Phi) is 6.29. The largest absolute Gasteiger partial charge is 0.463 e. The number of esters is 1. The summed E-state index contributed by atoms with van der Waals surface area (Å²) >= 11 is 1.26. The van der Waals surface area contributed by atoms with E-state index < -0.39 is 17.8 Å². The molecule has 8 heteroatoms. The second-order valence-corrected chi connectivity index (χ2v) is 8.85. The number of halogens is 1. The van der Waals surface area contributed by atoms with Gasteiger partial charge >= 0.3 is 5.97 Å². The van der Waals surface area contributed by atoms with E-state index in [4.69, 9.17) is 4.74 Å². The van der Waals surface area contributed by atoms with E-state index in [1.54, 1.807) is 26.0 Å². The van der Waals surface area contributed by atoms with Gasteiger partial charge in [0.2, 0.25) is 0 Å². The number of hydrogen-bond acceptors (Lipinski definition) is 6. The molecule has 2 heterocycles. The summed E-state index contributed by atoms with van der Waals surface area (Å²) in [6, 6.07) is 12.9. The number of rotatable bonds is 5. The third kappa shape index (κ3) is 4.39. The predicted molar refractivity (Wildman–Crippen MR) is 128 cm³/mol. The third-order valence-corrected chi connectivity index (χ3v) is 6.39. The molecule has 1 atom stereocenters. The summed E-state index contributed by atoms with van der Waals surface area (Å²) in [5.74, 6) is -0.938. The third-order valence-electron chi connectivity index (χ3n) is 5.41. The quantitative estimate of drug-likeness (QED) is 0.544. The molecule has 0 spiro atoms. The lowest BCUT2D eigenvalue weighted by Crippen LogP contribution is -2.39. The molecule has 170 valence electrons. The minimum Gasteiger partial charge on any atom is -0.463 e. The molecule has 3 aromatic rings. The Morgan fingerprint density at radius 1 is 1.18 bits per heavy atom. The zero-order valence-corrected chi connectivity index (χ0v) is 19.6. The molecule has 4 rings (SSSR count). The molecule has 0 aliphatic carbocycles. The molecule has 0 saturated carbocycles. The number of aromatic nitrogens is 1. The number of benzene rings is 2. The van der Waals surface area contributed by atoms with E-state index in [9.17, 15) is 14.0 Å². The van der Waals surface area contributed by atoms with Crippen LogP contribution in [0.4, 0.5) is 10.1 Å². The van der Waals surface area contributed by atoms with Gasteiger partial charge in [0.25, 0.3) is 5.56 Å². The number of allylic oxidation sites excluding steroid dienone is 1. The molecule has 33 heavy (non-hydrogen) atoms. The smallest absolute Gasteiger partial charge is 0.338 e. The average Bonchev–Trinajstić information content (AvgIpc) is 3.08. The Labute approximate surface area is 194 Å². The molecule has 1 aliphatic rings. The Hall–Kier alpha value is -3.52. The van der Waals surface area contributed by atoms with Crippen molar-refractivity contribution in [1.82, 2.24) is 4.57 Å². The van der Waals surface area contributed by atoms with Crippen LogP contribution in [0.1, 0.15) is 31.0 Å². The minimum atomic E-state index is -0.751. The first-order chi connectivity index (χ1) is 15.8. The first kappa shape index (κ1) is 22.7. The van der Waals surface area contributed by atoms with Crippen molar-refractivity contribution in [2.24, 2.45) is 4.99 Å². The zero-order chi connectivity index (χ0) is 23.7. The summed E-state index contributed by atoms with van der Waals surface area (Å²) in [6.07, 6.45) is 1.81. The summed E-state index contributed by atoms with van der Waals surface area (Å²) < 4.78 is 20.9. The van der Waals surface area contributed by atoms with E-state index in [2.05, 4.69) is 4.99 Å². The molecule has 0 radical (unpaired) electrons. The number of carbonyl (C=O) groups excluding carboxylic acids is 1. The van der Waals surface area contributed by atoms with Gasteiger partial charge in [0.05, 0.1) is 28.5 Å². The number of nitrogens with zero attached hydrogens (tertiary/aromatic N) is 3. The van der Waals surface area contributed by atoms with Gasteiger partial charge in [-0.3, -0.25) is 9.36 Å². The molecule has 6 nitrogen and oxygen atoms in total. The maximum absolute atomic E-state index is 13.6. The second-order valence-electron chi connectivity index (χ2n) is 7.84. The van der Waals surface area contributed by atoms with Crippen LogP contribution in [-0.2, 0) is 9.53 Å². The number of hydrogen-bond donors (Lipinski definition) is 0. The van der Waals surface area contributed by atoms with Crippen LogP contribution in [0.15, 0.2) is 69.6 Å². The minimum absolute atomic E-state index is 0.194. The highest BCUT2D eigenvalue weighted by Crippen LogP contribution is 2.30. The van der Waals surface area contributed by atoms with Crippen molar-refractivity contribution in [1.29, 1.82) is 0 Å². The molecule has 2 aromatic carbocycles. The van der Waals surface area contributed by atoms with Crippen molar-refractivity contribution in [3.8, 4) is 0 Å². The standard InChI is InChI=1S/C25H24FN3O3S/c1-5-32-24(31)21-15(2)27-25-29(22(21)17-8-10-18(26)11-9-17)23(30)20(33-25)14-16-6-12-19(13-7-16)28(3)4/h6-14,22H,5H2,1-4H3. The molecule has 0 amide bonds. The Morgan fingerprint density at radius 2 is 1.85 bits per heavy atom. The van der Waals surface area contributed by atoms with Crippen LogP contribution in [-0.4, -0.2) is 31.2 Å². The van der Waals surface area contributed by atoms with Crippen molar-refractivity contribution in [3.05, 3.63) is 96.4 Å². The molecular weight excluding hydrogens is 441 g/mol. The highest BCUT2D eigenvalue weighted by Gasteiger charge is 2.33. The Morgan fingerprint density at radius 3 is 2.45 bits per heavy atom. The van der Waals surface area contributed by atoms with Gasteiger partial charge < -0.3 is 9.64 Å². The molecule has 1 aromatic heterocycles. The lowest BCUT2D eigenvalue weighted by Gasteiger charge is -2.24. The van der Waals surface area contributed by atoms with Crippen LogP contribution in [0.25, 0.3) is 6.08 Å². The summed E-state index contributed by atoms with van der Waals surface area (Å²) in [5.41, 5.74) is 3.03. The van der Waals surface area contributed by atoms with Gasteiger partial charge in [0, 0.05) is 19.8 Å². The maximum Gasteiger partial charge on any atom is 0.338 e. The number of anilines is 1. The van der Waals surface area contributed by atoms with Crippen LogP contribution < -0.4 is 19.8 Å². The first-order valence-electron chi connectivity index (χ1n) is 10.5. The highest BCUT2D eigenvalue weighted by atomic mass is 32.1. The summed E-state index contributed by atoms with van der Waals surface area (Å²) in [4.78, 5) is 33.4. The summed E-state index contributed by atoms with van der Waals surface area (Å²) in [6.45, 7) is 3.64. The van der Waals surface area contributed by atoms with Crippen LogP contribution in [0.2, 0.25) is 0 Å². The highest BCUT2D eigenvalue weighted by molar-refractivity contribution is 7.07. The van der Waals surface area contributed by atoms with Gasteiger partial charge in [-0.1, -0.05) is 35.6 Å². The van der Waals surface area contributed by atoms with Gasteiger partial charge in [-0.2, -0.15) is 0 Å². The van der Waals surface area contributed by atoms with Gasteiger partial charge in [0.1, 0.15) is 5.82 Å². The maximum atomic E-state index is 13.6. The van der Waals surface area contributed by atoms with Crippen molar-refractivity contribution < 1.29 is 13.9 Å². The first-order valence-corrected chi connectivity index (χ1v) is 11.3. The molecular formula is C25H24FN3O3S. The molecule has 0 saturated heterocycles. The molecule has 0 fully saturated rings. The van der Waals surface area contributed by atoms with Crippen LogP contribution in [0.3, 0.4) is 0 Å². The molecule has 0 N–H and O–H groups in total. The number of fused-ring (bicyclic) bond motifs is 1. The lowest BCUT2D eigenvalue weighted by molar-refractivity contribution is -0.139. The van der Waals surface area contributed by atoms with E-state index in [-0.39, 0.29) is 17.7 Å².